The minimum Gasteiger partial charge on any atom is -0.383 e. The maximum atomic E-state index is 11.9. The van der Waals surface area contributed by atoms with Gasteiger partial charge in [0.05, 0.1) is 18.8 Å². The SMILES string of the molecule is COCCN(Cc1ccccn1)C(=O)CCBr. The van der Waals surface area contributed by atoms with Crippen molar-refractivity contribution in [1.82, 2.24) is 9.88 Å². The number of nitrogens with zero attached hydrogens (tertiary/aromatic N) is 2. The molecule has 1 aromatic heterocycles. The molecule has 1 rings (SSSR count). The molecule has 0 aromatic carbocycles. The molecule has 0 bridgehead atoms. The number of carbonyl (C=O) groups is 1. The Morgan fingerprint density at radius 2 is 2.35 bits per heavy atom. The number of methoxy groups -OCH3 is 1. The molecule has 0 atom stereocenters. The topological polar surface area (TPSA) is 42.4 Å². The van der Waals surface area contributed by atoms with Crippen LogP contribution in [0.2, 0.25) is 0 Å². The summed E-state index contributed by atoms with van der Waals surface area (Å²) >= 11 is 3.28. The second-order valence-electron chi connectivity index (χ2n) is 3.57. The lowest BCUT2D eigenvalue weighted by Gasteiger charge is -2.21. The molecule has 94 valence electrons. The Bertz CT molecular complexity index is 333. The molecule has 1 aromatic rings. The number of amides is 1. The lowest BCUT2D eigenvalue weighted by atomic mass is 10.3. The van der Waals surface area contributed by atoms with Gasteiger partial charge in [-0.05, 0) is 12.1 Å². The highest BCUT2D eigenvalue weighted by Crippen LogP contribution is 2.04. The van der Waals surface area contributed by atoms with Crippen LogP contribution in [-0.2, 0) is 16.1 Å². The highest BCUT2D eigenvalue weighted by Gasteiger charge is 2.13. The van der Waals surface area contributed by atoms with Gasteiger partial charge < -0.3 is 9.64 Å². The Hall–Kier alpha value is -0.940. The van der Waals surface area contributed by atoms with Gasteiger partial charge in [0, 0.05) is 31.6 Å². The zero-order chi connectivity index (χ0) is 12.5. The van der Waals surface area contributed by atoms with Crippen molar-refractivity contribution < 1.29 is 9.53 Å². The number of pyridine rings is 1. The number of alkyl halides is 1. The molecule has 0 radical (unpaired) electrons. The average molecular weight is 301 g/mol. The van der Waals surface area contributed by atoms with E-state index in [1.807, 2.05) is 18.2 Å². The zero-order valence-corrected chi connectivity index (χ0v) is 11.5. The number of aromatic nitrogens is 1. The van der Waals surface area contributed by atoms with E-state index in [1.54, 1.807) is 18.2 Å². The summed E-state index contributed by atoms with van der Waals surface area (Å²) in [5.74, 6) is 0.115. The van der Waals surface area contributed by atoms with Crippen molar-refractivity contribution in [3.63, 3.8) is 0 Å². The minimum atomic E-state index is 0.115. The van der Waals surface area contributed by atoms with Crippen molar-refractivity contribution in [1.29, 1.82) is 0 Å². The third-order valence-electron chi connectivity index (χ3n) is 2.31. The van der Waals surface area contributed by atoms with Gasteiger partial charge >= 0.3 is 0 Å². The van der Waals surface area contributed by atoms with Crippen LogP contribution < -0.4 is 0 Å². The van der Waals surface area contributed by atoms with Crippen LogP contribution in [0.3, 0.4) is 0 Å². The Balaban J connectivity index is 2.59. The number of rotatable bonds is 7. The Kier molecular flexibility index (Phi) is 6.81. The molecule has 4 nitrogen and oxygen atoms in total. The fourth-order valence-electron chi connectivity index (χ4n) is 1.42. The highest BCUT2D eigenvalue weighted by atomic mass is 79.9. The standard InChI is InChI=1S/C12H17BrN2O2/c1-17-9-8-15(12(16)5-6-13)10-11-4-2-3-7-14-11/h2-4,7H,5-6,8-10H2,1H3. The van der Waals surface area contributed by atoms with Crippen molar-refractivity contribution in [2.75, 3.05) is 25.6 Å². The van der Waals surface area contributed by atoms with Gasteiger partial charge in [-0.3, -0.25) is 9.78 Å². The van der Waals surface area contributed by atoms with E-state index in [0.29, 0.717) is 31.4 Å². The number of ether oxygens (including phenoxy) is 1. The van der Waals surface area contributed by atoms with Crippen molar-refractivity contribution in [3.8, 4) is 0 Å². The van der Waals surface area contributed by atoms with E-state index < -0.39 is 0 Å². The van der Waals surface area contributed by atoms with E-state index in [2.05, 4.69) is 20.9 Å². The van der Waals surface area contributed by atoms with Gasteiger partial charge in [0.15, 0.2) is 0 Å². The molecule has 1 amide bonds. The van der Waals surface area contributed by atoms with E-state index in [1.165, 1.54) is 0 Å². The molecule has 0 aliphatic carbocycles. The maximum Gasteiger partial charge on any atom is 0.223 e. The van der Waals surface area contributed by atoms with E-state index in [4.69, 9.17) is 4.74 Å². The summed E-state index contributed by atoms with van der Waals surface area (Å²) < 4.78 is 5.01. The monoisotopic (exact) mass is 300 g/mol. The smallest absolute Gasteiger partial charge is 0.223 e. The molecule has 0 aliphatic heterocycles. The quantitative estimate of drug-likeness (QED) is 0.722. The number of carbonyl (C=O) groups excluding carboxylic acids is 1. The summed E-state index contributed by atoms with van der Waals surface area (Å²) in [6.45, 7) is 1.68. The summed E-state index contributed by atoms with van der Waals surface area (Å²) in [6, 6.07) is 5.70. The first-order valence-corrected chi connectivity index (χ1v) is 6.62. The third-order valence-corrected chi connectivity index (χ3v) is 2.70. The summed E-state index contributed by atoms with van der Waals surface area (Å²) in [5, 5.41) is 0.678. The summed E-state index contributed by atoms with van der Waals surface area (Å²) in [7, 11) is 1.63. The van der Waals surface area contributed by atoms with E-state index in [0.717, 1.165) is 5.69 Å². The van der Waals surface area contributed by atoms with E-state index in [9.17, 15) is 4.79 Å². The van der Waals surface area contributed by atoms with Crippen molar-refractivity contribution in [2.24, 2.45) is 0 Å². The lowest BCUT2D eigenvalue weighted by molar-refractivity contribution is -0.132. The molecule has 0 aliphatic rings. The van der Waals surface area contributed by atoms with Crippen molar-refractivity contribution in [2.45, 2.75) is 13.0 Å². The number of halogens is 1. The molecule has 5 heteroatoms. The molecule has 17 heavy (non-hydrogen) atoms. The van der Waals surface area contributed by atoms with Crippen LogP contribution in [0, 0.1) is 0 Å². The minimum absolute atomic E-state index is 0.115. The first-order chi connectivity index (χ1) is 8.27. The van der Waals surface area contributed by atoms with Crippen LogP contribution >= 0.6 is 15.9 Å². The molecule has 0 spiro atoms. The van der Waals surface area contributed by atoms with Gasteiger partial charge in [-0.25, -0.2) is 0 Å². The average Bonchev–Trinajstić information content (AvgIpc) is 2.36. The Morgan fingerprint density at radius 3 is 2.94 bits per heavy atom. The van der Waals surface area contributed by atoms with E-state index in [-0.39, 0.29) is 5.91 Å². The van der Waals surface area contributed by atoms with Gasteiger partial charge in [0.2, 0.25) is 5.91 Å². The second kappa shape index (κ2) is 8.20. The van der Waals surface area contributed by atoms with Crippen molar-refractivity contribution >= 4 is 21.8 Å². The molecule has 0 saturated carbocycles. The Morgan fingerprint density at radius 1 is 1.53 bits per heavy atom. The van der Waals surface area contributed by atoms with Crippen molar-refractivity contribution in [3.05, 3.63) is 30.1 Å². The molecule has 0 saturated heterocycles. The Labute approximate surface area is 110 Å². The molecule has 0 fully saturated rings. The molecule has 0 unspecified atom stereocenters. The van der Waals surface area contributed by atoms with Crippen LogP contribution in [0.25, 0.3) is 0 Å². The van der Waals surface area contributed by atoms with Crippen LogP contribution in [0.4, 0.5) is 0 Å². The fourth-order valence-corrected chi connectivity index (χ4v) is 1.76. The second-order valence-corrected chi connectivity index (χ2v) is 4.36. The summed E-state index contributed by atoms with van der Waals surface area (Å²) in [5.41, 5.74) is 0.895. The number of hydrogen-bond acceptors (Lipinski definition) is 3. The number of hydrogen-bond donors (Lipinski definition) is 0. The molecule has 1 heterocycles. The zero-order valence-electron chi connectivity index (χ0n) is 9.93. The molecular formula is C12H17BrN2O2. The van der Waals surface area contributed by atoms with Crippen LogP contribution in [-0.4, -0.2) is 41.4 Å². The first-order valence-electron chi connectivity index (χ1n) is 5.50. The predicted molar refractivity (Wildman–Crippen MR) is 69.9 cm³/mol. The van der Waals surface area contributed by atoms with E-state index >= 15 is 0 Å². The van der Waals surface area contributed by atoms with Gasteiger partial charge in [0.1, 0.15) is 0 Å². The fraction of sp³-hybridized carbons (Fsp3) is 0.500. The predicted octanol–water partition coefficient (Wildman–Crippen LogP) is 1.84. The normalized spacial score (nSPS) is 10.2. The van der Waals surface area contributed by atoms with Gasteiger partial charge in [-0.1, -0.05) is 22.0 Å². The van der Waals surface area contributed by atoms with Crippen LogP contribution in [0.5, 0.6) is 0 Å². The largest absolute Gasteiger partial charge is 0.383 e. The first kappa shape index (κ1) is 14.1. The summed E-state index contributed by atoms with van der Waals surface area (Å²) in [6.07, 6.45) is 2.23. The van der Waals surface area contributed by atoms with Crippen LogP contribution in [0.15, 0.2) is 24.4 Å². The van der Waals surface area contributed by atoms with Gasteiger partial charge in [-0.15, -0.1) is 0 Å². The maximum absolute atomic E-state index is 11.9. The van der Waals surface area contributed by atoms with Gasteiger partial charge in [0.25, 0.3) is 0 Å². The van der Waals surface area contributed by atoms with Crippen LogP contribution in [0.1, 0.15) is 12.1 Å². The lowest BCUT2D eigenvalue weighted by Crippen LogP contribution is -2.33. The highest BCUT2D eigenvalue weighted by molar-refractivity contribution is 9.09. The summed E-state index contributed by atoms with van der Waals surface area (Å²) in [4.78, 5) is 17.9. The third kappa shape index (κ3) is 5.28. The van der Waals surface area contributed by atoms with Gasteiger partial charge in [-0.2, -0.15) is 0 Å². The molecule has 0 N–H and O–H groups in total. The molecular weight excluding hydrogens is 284 g/mol.